The topological polar surface area (TPSA) is 60.9 Å². The van der Waals surface area contributed by atoms with E-state index in [1.807, 2.05) is 31.2 Å². The van der Waals surface area contributed by atoms with Gasteiger partial charge < -0.3 is 5.73 Å². The Labute approximate surface area is 123 Å². The van der Waals surface area contributed by atoms with Crippen LogP contribution in [0.4, 0.5) is 5.69 Å². The van der Waals surface area contributed by atoms with Gasteiger partial charge in [0.15, 0.2) is 0 Å². The lowest BCUT2D eigenvalue weighted by atomic mass is 10.0. The summed E-state index contributed by atoms with van der Waals surface area (Å²) in [5.41, 5.74) is 9.12. The van der Waals surface area contributed by atoms with Crippen molar-refractivity contribution in [2.75, 3.05) is 5.73 Å². The summed E-state index contributed by atoms with van der Waals surface area (Å²) in [6.07, 6.45) is 1.55. The Morgan fingerprint density at radius 1 is 1.35 bits per heavy atom. The minimum atomic E-state index is 0.167. The third-order valence-electron chi connectivity index (χ3n) is 3.32. The van der Waals surface area contributed by atoms with Crippen LogP contribution >= 0.6 is 11.6 Å². The molecule has 2 aromatic rings. The molecular formula is C15H18ClN3O. The zero-order chi connectivity index (χ0) is 14.7. The summed E-state index contributed by atoms with van der Waals surface area (Å²) in [7, 11) is 1.78. The zero-order valence-corrected chi connectivity index (χ0v) is 12.4. The van der Waals surface area contributed by atoms with Crippen molar-refractivity contribution in [2.24, 2.45) is 7.05 Å². The minimum absolute atomic E-state index is 0.167. The summed E-state index contributed by atoms with van der Waals surface area (Å²) in [4.78, 5) is 12.0. The number of hydrogen-bond donors (Lipinski definition) is 1. The SMILES string of the molecule is Cc1nn(C)c(Cl)c1CC(=O)CCc1ccc(N)cc1. The van der Waals surface area contributed by atoms with E-state index in [0.29, 0.717) is 18.0 Å². The van der Waals surface area contributed by atoms with E-state index in [-0.39, 0.29) is 5.78 Å². The van der Waals surface area contributed by atoms with Crippen molar-refractivity contribution >= 4 is 23.1 Å². The van der Waals surface area contributed by atoms with E-state index in [9.17, 15) is 4.79 Å². The number of nitrogens with zero attached hydrogens (tertiary/aromatic N) is 2. The number of hydrogen-bond acceptors (Lipinski definition) is 3. The van der Waals surface area contributed by atoms with E-state index >= 15 is 0 Å². The molecule has 0 amide bonds. The van der Waals surface area contributed by atoms with Gasteiger partial charge in [-0.1, -0.05) is 23.7 Å². The summed E-state index contributed by atoms with van der Waals surface area (Å²) < 4.78 is 1.60. The molecule has 0 atom stereocenters. The van der Waals surface area contributed by atoms with Crippen LogP contribution in [0.15, 0.2) is 24.3 Å². The molecular weight excluding hydrogens is 274 g/mol. The maximum absolute atomic E-state index is 12.0. The van der Waals surface area contributed by atoms with Crippen LogP contribution in [0, 0.1) is 6.92 Å². The second-order valence-corrected chi connectivity index (χ2v) is 5.29. The van der Waals surface area contributed by atoms with Gasteiger partial charge in [0.25, 0.3) is 0 Å². The number of nitrogen functional groups attached to an aromatic ring is 1. The second kappa shape index (κ2) is 6.09. The van der Waals surface area contributed by atoms with Crippen molar-refractivity contribution in [2.45, 2.75) is 26.2 Å². The van der Waals surface area contributed by atoms with E-state index in [1.165, 1.54) is 0 Å². The molecule has 1 aromatic carbocycles. The molecule has 0 saturated heterocycles. The molecule has 0 bridgehead atoms. The number of rotatable bonds is 5. The molecule has 0 aliphatic heterocycles. The van der Waals surface area contributed by atoms with Gasteiger partial charge in [-0.25, -0.2) is 0 Å². The molecule has 2 N–H and O–H groups in total. The van der Waals surface area contributed by atoms with Crippen molar-refractivity contribution in [1.82, 2.24) is 9.78 Å². The van der Waals surface area contributed by atoms with Gasteiger partial charge in [-0.05, 0) is 31.0 Å². The highest BCUT2D eigenvalue weighted by Gasteiger charge is 2.14. The van der Waals surface area contributed by atoms with Crippen LogP contribution in [0.1, 0.15) is 23.2 Å². The van der Waals surface area contributed by atoms with Gasteiger partial charge in [-0.15, -0.1) is 0 Å². The first kappa shape index (κ1) is 14.6. The number of anilines is 1. The highest BCUT2D eigenvalue weighted by molar-refractivity contribution is 6.30. The molecule has 20 heavy (non-hydrogen) atoms. The van der Waals surface area contributed by atoms with E-state index in [2.05, 4.69) is 5.10 Å². The number of nitrogens with two attached hydrogens (primary N) is 1. The van der Waals surface area contributed by atoms with Gasteiger partial charge in [-0.2, -0.15) is 5.10 Å². The Hall–Kier alpha value is -1.81. The van der Waals surface area contributed by atoms with E-state index in [1.54, 1.807) is 11.7 Å². The average Bonchev–Trinajstić information content (AvgIpc) is 2.65. The first-order chi connectivity index (χ1) is 9.47. The Morgan fingerprint density at radius 3 is 2.55 bits per heavy atom. The smallest absolute Gasteiger partial charge is 0.137 e. The molecule has 106 valence electrons. The van der Waals surface area contributed by atoms with Crippen LogP contribution in [-0.2, 0) is 24.7 Å². The van der Waals surface area contributed by atoms with Gasteiger partial charge >= 0.3 is 0 Å². The number of aryl methyl sites for hydroxylation is 3. The van der Waals surface area contributed by atoms with Gasteiger partial charge in [0.2, 0.25) is 0 Å². The minimum Gasteiger partial charge on any atom is -0.399 e. The predicted molar refractivity (Wildman–Crippen MR) is 80.8 cm³/mol. The number of Topliss-reactive ketones (excluding diaryl/α,β-unsaturated/α-hetero) is 1. The maximum Gasteiger partial charge on any atom is 0.137 e. The zero-order valence-electron chi connectivity index (χ0n) is 11.7. The van der Waals surface area contributed by atoms with E-state index in [0.717, 1.165) is 28.9 Å². The lowest BCUT2D eigenvalue weighted by Crippen LogP contribution is -2.05. The Bertz CT molecular complexity index is 617. The van der Waals surface area contributed by atoms with Crippen LogP contribution in [0.2, 0.25) is 5.15 Å². The molecule has 0 aliphatic carbocycles. The second-order valence-electron chi connectivity index (χ2n) is 4.94. The standard InChI is InChI=1S/C15H18ClN3O/c1-10-14(15(16)19(2)18-10)9-13(20)8-5-11-3-6-12(17)7-4-11/h3-4,6-7H,5,8-9,17H2,1-2H3. The van der Waals surface area contributed by atoms with Crippen LogP contribution in [0.25, 0.3) is 0 Å². The Kier molecular flexibility index (Phi) is 4.45. The van der Waals surface area contributed by atoms with Gasteiger partial charge in [0.1, 0.15) is 10.9 Å². The largest absolute Gasteiger partial charge is 0.399 e. The predicted octanol–water partition coefficient (Wildman–Crippen LogP) is 2.71. The quantitative estimate of drug-likeness (QED) is 0.862. The highest BCUT2D eigenvalue weighted by Crippen LogP contribution is 2.20. The fourth-order valence-corrected chi connectivity index (χ4v) is 2.37. The Balaban J connectivity index is 1.94. The Morgan fingerprint density at radius 2 is 2.00 bits per heavy atom. The number of benzene rings is 1. The van der Waals surface area contributed by atoms with Crippen LogP contribution < -0.4 is 5.73 Å². The summed E-state index contributed by atoms with van der Waals surface area (Å²) >= 11 is 6.13. The first-order valence-electron chi connectivity index (χ1n) is 6.51. The summed E-state index contributed by atoms with van der Waals surface area (Å²) in [5, 5.41) is 4.76. The van der Waals surface area contributed by atoms with E-state index < -0.39 is 0 Å². The molecule has 1 heterocycles. The van der Waals surface area contributed by atoms with E-state index in [4.69, 9.17) is 17.3 Å². The molecule has 0 aliphatic rings. The van der Waals surface area contributed by atoms with Crippen molar-refractivity contribution in [1.29, 1.82) is 0 Å². The van der Waals surface area contributed by atoms with Gasteiger partial charge in [0.05, 0.1) is 5.69 Å². The number of carbonyl (C=O) groups is 1. The van der Waals surface area contributed by atoms with Gasteiger partial charge in [0, 0.05) is 31.1 Å². The molecule has 4 nitrogen and oxygen atoms in total. The van der Waals surface area contributed by atoms with Crippen molar-refractivity contribution in [3.8, 4) is 0 Å². The molecule has 0 saturated carbocycles. The summed E-state index contributed by atoms with van der Waals surface area (Å²) in [6.45, 7) is 1.87. The third kappa shape index (κ3) is 3.39. The number of aromatic nitrogens is 2. The number of ketones is 1. The molecule has 0 radical (unpaired) electrons. The monoisotopic (exact) mass is 291 g/mol. The highest BCUT2D eigenvalue weighted by atomic mass is 35.5. The summed E-state index contributed by atoms with van der Waals surface area (Å²) in [5.74, 6) is 0.167. The van der Waals surface area contributed by atoms with Crippen LogP contribution in [0.5, 0.6) is 0 Å². The molecule has 0 spiro atoms. The molecule has 0 fully saturated rings. The van der Waals surface area contributed by atoms with Crippen molar-refractivity contribution < 1.29 is 4.79 Å². The molecule has 1 aromatic heterocycles. The molecule has 0 unspecified atom stereocenters. The summed E-state index contributed by atoms with van der Waals surface area (Å²) in [6, 6.07) is 7.60. The van der Waals surface area contributed by atoms with Crippen LogP contribution in [0.3, 0.4) is 0 Å². The number of carbonyl (C=O) groups excluding carboxylic acids is 1. The molecule has 5 heteroatoms. The normalized spacial score (nSPS) is 10.8. The fraction of sp³-hybridized carbons (Fsp3) is 0.333. The lowest BCUT2D eigenvalue weighted by molar-refractivity contribution is -0.118. The maximum atomic E-state index is 12.0. The van der Waals surface area contributed by atoms with Crippen LogP contribution in [-0.4, -0.2) is 15.6 Å². The fourth-order valence-electron chi connectivity index (χ4n) is 2.13. The average molecular weight is 292 g/mol. The first-order valence-corrected chi connectivity index (χ1v) is 6.89. The van der Waals surface area contributed by atoms with Crippen molar-refractivity contribution in [3.05, 3.63) is 46.2 Å². The third-order valence-corrected chi connectivity index (χ3v) is 3.79. The molecule has 2 rings (SSSR count). The van der Waals surface area contributed by atoms with Gasteiger partial charge in [-0.3, -0.25) is 9.48 Å². The number of halogens is 1. The lowest BCUT2D eigenvalue weighted by Gasteiger charge is -2.03. The van der Waals surface area contributed by atoms with Crippen molar-refractivity contribution in [3.63, 3.8) is 0 Å².